The van der Waals surface area contributed by atoms with Gasteiger partial charge in [-0.05, 0) is 101 Å². The molecule has 8 rings (SSSR count). The van der Waals surface area contributed by atoms with Gasteiger partial charge in [0.25, 0.3) is 0 Å². The van der Waals surface area contributed by atoms with Gasteiger partial charge in [-0.2, -0.15) is 0 Å². The van der Waals surface area contributed by atoms with E-state index in [1.807, 2.05) is 18.5 Å². The Labute approximate surface area is 221 Å². The summed E-state index contributed by atoms with van der Waals surface area (Å²) in [7, 11) is 0. The lowest BCUT2D eigenvalue weighted by atomic mass is 9.83. The Hall–Kier alpha value is -4.75. The van der Waals surface area contributed by atoms with E-state index >= 15 is 0 Å². The Morgan fingerprint density at radius 3 is 1.92 bits per heavy atom. The Kier molecular flexibility index (Phi) is 4.57. The zero-order chi connectivity index (χ0) is 25.2. The van der Waals surface area contributed by atoms with Crippen LogP contribution >= 0.6 is 0 Å². The molecule has 0 fully saturated rings. The molecule has 0 aliphatic carbocycles. The largest absolute Gasteiger partial charge is 0.264 e. The SMILES string of the molecule is CCc1cc2ccc3c(-c4cccnc4)cc(-c4cc5ccccc5c5ccccc45)c4ccc(c1)c2c34. The van der Waals surface area contributed by atoms with E-state index in [4.69, 9.17) is 0 Å². The smallest absolute Gasteiger partial charge is 0.0346 e. The molecule has 0 aliphatic heterocycles. The van der Waals surface area contributed by atoms with Crippen LogP contribution < -0.4 is 0 Å². The third-order valence-corrected chi connectivity index (χ3v) is 8.21. The number of pyridine rings is 1. The van der Waals surface area contributed by atoms with Crippen LogP contribution in [0.2, 0.25) is 0 Å². The molecule has 0 saturated carbocycles. The molecule has 178 valence electrons. The molecule has 0 amide bonds. The summed E-state index contributed by atoms with van der Waals surface area (Å²) in [6, 6.07) is 40.6. The summed E-state index contributed by atoms with van der Waals surface area (Å²) in [5, 5.41) is 13.1. The fourth-order valence-corrected chi connectivity index (χ4v) is 6.44. The number of aryl methyl sites for hydroxylation is 1. The molecule has 1 heteroatoms. The third kappa shape index (κ3) is 3.02. The molecule has 38 heavy (non-hydrogen) atoms. The van der Waals surface area contributed by atoms with E-state index in [0.29, 0.717) is 0 Å². The Morgan fingerprint density at radius 1 is 0.500 bits per heavy atom. The number of fused-ring (bicyclic) bond motifs is 3. The highest BCUT2D eigenvalue weighted by Gasteiger charge is 2.19. The summed E-state index contributed by atoms with van der Waals surface area (Å²) in [6.07, 6.45) is 4.87. The first-order valence-corrected chi connectivity index (χ1v) is 13.4. The summed E-state index contributed by atoms with van der Waals surface area (Å²) in [5.41, 5.74) is 6.30. The van der Waals surface area contributed by atoms with Crippen LogP contribution in [-0.2, 0) is 6.42 Å². The zero-order valence-electron chi connectivity index (χ0n) is 21.2. The maximum absolute atomic E-state index is 4.49. The topological polar surface area (TPSA) is 12.9 Å². The summed E-state index contributed by atoms with van der Waals surface area (Å²) in [6.45, 7) is 2.23. The molecule has 1 heterocycles. The minimum absolute atomic E-state index is 1.03. The van der Waals surface area contributed by atoms with Gasteiger partial charge < -0.3 is 0 Å². The summed E-state index contributed by atoms with van der Waals surface area (Å²) < 4.78 is 0. The Bertz CT molecular complexity index is 2140. The lowest BCUT2D eigenvalue weighted by Gasteiger charge is -2.20. The van der Waals surface area contributed by atoms with Crippen LogP contribution in [0.1, 0.15) is 12.5 Å². The van der Waals surface area contributed by atoms with Gasteiger partial charge in [0.1, 0.15) is 0 Å². The van der Waals surface area contributed by atoms with Crippen molar-refractivity contribution in [3.8, 4) is 22.3 Å². The Balaban J connectivity index is 1.59. The molecule has 0 saturated heterocycles. The van der Waals surface area contributed by atoms with Crippen LogP contribution in [0.4, 0.5) is 0 Å². The highest BCUT2D eigenvalue weighted by atomic mass is 14.6. The molecule has 7 aromatic carbocycles. The fourth-order valence-electron chi connectivity index (χ4n) is 6.44. The van der Waals surface area contributed by atoms with Gasteiger partial charge in [0, 0.05) is 18.0 Å². The Morgan fingerprint density at radius 2 is 1.18 bits per heavy atom. The van der Waals surface area contributed by atoms with Crippen molar-refractivity contribution < 1.29 is 0 Å². The number of nitrogens with zero attached hydrogens (tertiary/aromatic N) is 1. The van der Waals surface area contributed by atoms with Crippen molar-refractivity contribution in [2.75, 3.05) is 0 Å². The molecule has 8 aromatic rings. The van der Waals surface area contributed by atoms with Crippen molar-refractivity contribution >= 4 is 53.9 Å². The zero-order valence-corrected chi connectivity index (χ0v) is 21.2. The monoisotopic (exact) mass is 483 g/mol. The summed E-state index contributed by atoms with van der Waals surface area (Å²) in [5.74, 6) is 0. The predicted molar refractivity (Wildman–Crippen MR) is 163 cm³/mol. The van der Waals surface area contributed by atoms with E-state index < -0.39 is 0 Å². The second-order valence-electron chi connectivity index (χ2n) is 10.3. The van der Waals surface area contributed by atoms with Crippen molar-refractivity contribution in [2.24, 2.45) is 0 Å². The molecule has 0 bridgehead atoms. The third-order valence-electron chi connectivity index (χ3n) is 8.21. The number of rotatable bonds is 3. The van der Waals surface area contributed by atoms with Crippen LogP contribution in [0.3, 0.4) is 0 Å². The second-order valence-corrected chi connectivity index (χ2v) is 10.3. The first kappa shape index (κ1) is 21.3. The predicted octanol–water partition coefficient (Wildman–Crippen LogP) is 10.2. The minimum atomic E-state index is 1.03. The first-order chi connectivity index (χ1) is 18.8. The molecule has 1 aromatic heterocycles. The van der Waals surface area contributed by atoms with Crippen LogP contribution in [-0.4, -0.2) is 4.98 Å². The normalized spacial score (nSPS) is 11.9. The molecular weight excluding hydrogens is 458 g/mol. The first-order valence-electron chi connectivity index (χ1n) is 13.4. The van der Waals surface area contributed by atoms with E-state index in [1.165, 1.54) is 76.1 Å². The van der Waals surface area contributed by atoms with Gasteiger partial charge in [0.15, 0.2) is 0 Å². The number of hydrogen-bond donors (Lipinski definition) is 0. The van der Waals surface area contributed by atoms with Crippen molar-refractivity contribution in [2.45, 2.75) is 13.3 Å². The van der Waals surface area contributed by atoms with Crippen LogP contribution in [0.5, 0.6) is 0 Å². The van der Waals surface area contributed by atoms with Crippen molar-refractivity contribution in [1.82, 2.24) is 4.98 Å². The average Bonchev–Trinajstić information content (AvgIpc) is 2.99. The molecule has 0 atom stereocenters. The summed E-state index contributed by atoms with van der Waals surface area (Å²) in [4.78, 5) is 4.49. The average molecular weight is 484 g/mol. The maximum Gasteiger partial charge on any atom is 0.0346 e. The number of aromatic nitrogens is 1. The van der Waals surface area contributed by atoms with Gasteiger partial charge in [-0.15, -0.1) is 0 Å². The maximum atomic E-state index is 4.49. The van der Waals surface area contributed by atoms with Gasteiger partial charge in [-0.1, -0.05) is 97.9 Å². The quantitative estimate of drug-likeness (QED) is 0.228. The van der Waals surface area contributed by atoms with Crippen molar-refractivity contribution in [1.29, 1.82) is 0 Å². The van der Waals surface area contributed by atoms with Crippen LogP contribution in [0.15, 0.2) is 122 Å². The van der Waals surface area contributed by atoms with Gasteiger partial charge in [-0.3, -0.25) is 4.98 Å². The fraction of sp³-hybridized carbons (Fsp3) is 0.0541. The standard InChI is InChI=1S/C37H25N/c1-2-23-18-25-13-15-31-33(27-9-7-17-38-22-27)21-35(32-16-14-26(19-23)36(25)37(31)32)34-20-24-8-3-4-10-28(24)29-11-5-6-12-30(29)34/h3-22H,2H2,1H3. The van der Waals surface area contributed by atoms with Gasteiger partial charge in [-0.25, -0.2) is 0 Å². The molecule has 0 radical (unpaired) electrons. The lowest BCUT2D eigenvalue weighted by Crippen LogP contribution is -1.93. The second kappa shape index (κ2) is 8.13. The van der Waals surface area contributed by atoms with Gasteiger partial charge >= 0.3 is 0 Å². The van der Waals surface area contributed by atoms with E-state index in [0.717, 1.165) is 12.0 Å². The molecule has 0 N–H and O–H groups in total. The molecule has 0 spiro atoms. The highest BCUT2D eigenvalue weighted by Crippen LogP contribution is 2.46. The van der Waals surface area contributed by atoms with E-state index in [9.17, 15) is 0 Å². The van der Waals surface area contributed by atoms with Crippen molar-refractivity contribution in [3.05, 3.63) is 127 Å². The van der Waals surface area contributed by atoms with Gasteiger partial charge in [0.05, 0.1) is 0 Å². The van der Waals surface area contributed by atoms with Gasteiger partial charge in [0.2, 0.25) is 0 Å². The minimum Gasteiger partial charge on any atom is -0.264 e. The van der Waals surface area contributed by atoms with E-state index in [-0.39, 0.29) is 0 Å². The van der Waals surface area contributed by atoms with Crippen LogP contribution in [0.25, 0.3) is 76.1 Å². The summed E-state index contributed by atoms with van der Waals surface area (Å²) >= 11 is 0. The van der Waals surface area contributed by atoms with E-state index in [2.05, 4.69) is 115 Å². The molecule has 0 unspecified atom stereocenters. The molecular formula is C37H25N. The van der Waals surface area contributed by atoms with Crippen molar-refractivity contribution in [3.63, 3.8) is 0 Å². The number of hydrogen-bond acceptors (Lipinski definition) is 1. The lowest BCUT2D eigenvalue weighted by molar-refractivity contribution is 1.15. The van der Waals surface area contributed by atoms with E-state index in [1.54, 1.807) is 0 Å². The molecule has 0 aliphatic rings. The highest BCUT2D eigenvalue weighted by molar-refractivity contribution is 6.29. The van der Waals surface area contributed by atoms with Crippen LogP contribution in [0, 0.1) is 0 Å². The number of benzene rings is 7. The molecule has 1 nitrogen and oxygen atoms in total.